The van der Waals surface area contributed by atoms with Crippen molar-refractivity contribution in [3.8, 4) is 0 Å². The van der Waals surface area contributed by atoms with E-state index in [1.807, 2.05) is 0 Å². The van der Waals surface area contributed by atoms with E-state index in [-0.39, 0.29) is 5.54 Å². The van der Waals surface area contributed by atoms with Gasteiger partial charge in [0.25, 0.3) is 0 Å². The van der Waals surface area contributed by atoms with E-state index in [2.05, 4.69) is 86.1 Å². The molecule has 0 spiro atoms. The van der Waals surface area contributed by atoms with Gasteiger partial charge in [0.1, 0.15) is 0 Å². The highest BCUT2D eigenvalue weighted by molar-refractivity contribution is 4.92. The molecule has 1 fully saturated rings. The smallest absolute Gasteiger partial charge is 0.0597 e. The quantitative estimate of drug-likeness (QED) is 0.604. The number of rotatable bonds is 0. The third-order valence-electron chi connectivity index (χ3n) is 5.67. The minimum Gasteiger partial charge on any atom is -0.291 e. The molecule has 3 atom stereocenters. The molecule has 1 rings (SSSR count). The molecule has 1 heterocycles. The molecule has 0 aromatic carbocycles. The van der Waals surface area contributed by atoms with Crippen LogP contribution in [0, 0.1) is 16.7 Å². The molecule has 3 unspecified atom stereocenters. The molecular weight excluding hydrogens is 268 g/mol. The van der Waals surface area contributed by atoms with E-state index in [0.717, 1.165) is 5.92 Å². The molecule has 2 heteroatoms. The van der Waals surface area contributed by atoms with E-state index in [9.17, 15) is 0 Å². The van der Waals surface area contributed by atoms with Crippen LogP contribution >= 0.6 is 0 Å². The van der Waals surface area contributed by atoms with Crippen LogP contribution in [0.5, 0.6) is 0 Å². The normalized spacial score (nSPS) is 33.1. The van der Waals surface area contributed by atoms with Crippen molar-refractivity contribution >= 4 is 0 Å². The van der Waals surface area contributed by atoms with Crippen LogP contribution in [0.2, 0.25) is 0 Å². The molecule has 1 aliphatic heterocycles. The van der Waals surface area contributed by atoms with E-state index in [4.69, 9.17) is 0 Å². The van der Waals surface area contributed by atoms with Crippen LogP contribution in [0.1, 0.15) is 82.1 Å². The van der Waals surface area contributed by atoms with Crippen LogP contribution in [-0.2, 0) is 0 Å². The second-order valence-corrected chi connectivity index (χ2v) is 10.6. The van der Waals surface area contributed by atoms with Gasteiger partial charge >= 0.3 is 0 Å². The third-order valence-corrected chi connectivity index (χ3v) is 5.67. The molecule has 0 saturated carbocycles. The van der Waals surface area contributed by atoms with Gasteiger partial charge in [-0.3, -0.25) is 9.80 Å². The fourth-order valence-corrected chi connectivity index (χ4v) is 4.60. The summed E-state index contributed by atoms with van der Waals surface area (Å²) in [6, 6.07) is 0.603. The summed E-state index contributed by atoms with van der Waals surface area (Å²) >= 11 is 0. The zero-order valence-corrected chi connectivity index (χ0v) is 17.2. The molecule has 0 aliphatic carbocycles. The SMILES string of the molecule is CC1CC(C)(C)CC(C(C)(C)C)CN(C)C(C)N1C(C)(C)C. The van der Waals surface area contributed by atoms with E-state index >= 15 is 0 Å². The molecule has 0 bridgehead atoms. The monoisotopic (exact) mass is 310 g/mol. The molecule has 1 aliphatic rings. The van der Waals surface area contributed by atoms with E-state index in [1.165, 1.54) is 19.4 Å². The van der Waals surface area contributed by atoms with Crippen LogP contribution in [0.3, 0.4) is 0 Å². The lowest BCUT2D eigenvalue weighted by molar-refractivity contribution is -0.0322. The van der Waals surface area contributed by atoms with Crippen LogP contribution in [0.25, 0.3) is 0 Å². The summed E-state index contributed by atoms with van der Waals surface area (Å²) in [5, 5.41) is 0. The Hall–Kier alpha value is -0.0800. The minimum absolute atomic E-state index is 0.199. The Bertz CT molecular complexity index is 359. The highest BCUT2D eigenvalue weighted by Gasteiger charge is 2.40. The van der Waals surface area contributed by atoms with Crippen molar-refractivity contribution in [3.05, 3.63) is 0 Å². The first-order valence-electron chi connectivity index (χ1n) is 9.14. The second kappa shape index (κ2) is 6.43. The molecule has 0 aromatic rings. The van der Waals surface area contributed by atoms with Crippen molar-refractivity contribution in [2.45, 2.75) is 99.8 Å². The van der Waals surface area contributed by atoms with Gasteiger partial charge in [0.2, 0.25) is 0 Å². The average molecular weight is 311 g/mol. The standard InChI is InChI=1S/C20H42N2/c1-15-12-20(9,10)13-17(18(3,4)5)14-21(11)16(2)22(15)19(6,7)8/h15-17H,12-14H2,1-11H3. The summed E-state index contributed by atoms with van der Waals surface area (Å²) in [5.41, 5.74) is 0.960. The Balaban J connectivity index is 3.21. The largest absolute Gasteiger partial charge is 0.291 e. The predicted molar refractivity (Wildman–Crippen MR) is 99.1 cm³/mol. The fourth-order valence-electron chi connectivity index (χ4n) is 4.60. The first-order chi connectivity index (χ1) is 9.65. The molecule has 0 radical (unpaired) electrons. The lowest BCUT2D eigenvalue weighted by atomic mass is 9.69. The number of hydrogen-bond donors (Lipinski definition) is 0. The average Bonchev–Trinajstić information content (AvgIpc) is 2.25. The van der Waals surface area contributed by atoms with Crippen molar-refractivity contribution in [2.24, 2.45) is 16.7 Å². The van der Waals surface area contributed by atoms with Gasteiger partial charge in [0.05, 0.1) is 6.17 Å². The number of hydrogen-bond acceptors (Lipinski definition) is 2. The highest BCUT2D eigenvalue weighted by atomic mass is 15.4. The Morgan fingerprint density at radius 3 is 1.82 bits per heavy atom. The molecule has 2 nitrogen and oxygen atoms in total. The topological polar surface area (TPSA) is 6.48 Å². The van der Waals surface area contributed by atoms with Gasteiger partial charge in [0, 0.05) is 18.1 Å². The van der Waals surface area contributed by atoms with E-state index in [0.29, 0.717) is 23.0 Å². The summed E-state index contributed by atoms with van der Waals surface area (Å²) in [5.74, 6) is 0.738. The summed E-state index contributed by atoms with van der Waals surface area (Å²) in [4.78, 5) is 5.30. The van der Waals surface area contributed by atoms with Crippen LogP contribution in [0.15, 0.2) is 0 Å². The van der Waals surface area contributed by atoms with Gasteiger partial charge in [-0.2, -0.15) is 0 Å². The molecular formula is C20H42N2. The third kappa shape index (κ3) is 4.96. The zero-order chi connectivity index (χ0) is 17.5. The van der Waals surface area contributed by atoms with Gasteiger partial charge in [-0.05, 0) is 71.3 Å². The molecule has 0 amide bonds. The molecule has 0 N–H and O–H groups in total. The van der Waals surface area contributed by atoms with Gasteiger partial charge < -0.3 is 0 Å². The number of nitrogens with zero attached hydrogens (tertiary/aromatic N) is 2. The van der Waals surface area contributed by atoms with Crippen molar-refractivity contribution < 1.29 is 0 Å². The van der Waals surface area contributed by atoms with Crippen molar-refractivity contribution in [2.75, 3.05) is 13.6 Å². The Morgan fingerprint density at radius 1 is 0.909 bits per heavy atom. The molecule has 132 valence electrons. The van der Waals surface area contributed by atoms with Crippen molar-refractivity contribution in [1.29, 1.82) is 0 Å². The summed E-state index contributed by atoms with van der Waals surface area (Å²) < 4.78 is 0. The van der Waals surface area contributed by atoms with Crippen LogP contribution < -0.4 is 0 Å². The van der Waals surface area contributed by atoms with Crippen molar-refractivity contribution in [1.82, 2.24) is 9.80 Å². The Kier molecular flexibility index (Phi) is 5.84. The van der Waals surface area contributed by atoms with E-state index < -0.39 is 0 Å². The maximum absolute atomic E-state index is 2.72. The van der Waals surface area contributed by atoms with E-state index in [1.54, 1.807) is 0 Å². The molecule has 0 aromatic heterocycles. The molecule has 1 saturated heterocycles. The Morgan fingerprint density at radius 2 is 1.41 bits per heavy atom. The highest BCUT2D eigenvalue weighted by Crippen LogP contribution is 2.42. The predicted octanol–water partition coefficient (Wildman–Crippen LogP) is 5.24. The minimum atomic E-state index is 0.199. The summed E-state index contributed by atoms with van der Waals surface area (Å²) in [6.07, 6.45) is 3.07. The maximum Gasteiger partial charge on any atom is 0.0597 e. The lowest BCUT2D eigenvalue weighted by Gasteiger charge is -2.48. The zero-order valence-electron chi connectivity index (χ0n) is 17.2. The van der Waals surface area contributed by atoms with Crippen molar-refractivity contribution in [3.63, 3.8) is 0 Å². The van der Waals surface area contributed by atoms with Crippen LogP contribution in [-0.4, -0.2) is 41.1 Å². The summed E-state index contributed by atoms with van der Waals surface area (Å²) in [7, 11) is 2.31. The Labute approximate surface area is 140 Å². The maximum atomic E-state index is 2.72. The first-order valence-corrected chi connectivity index (χ1v) is 9.14. The fraction of sp³-hybridized carbons (Fsp3) is 1.00. The lowest BCUT2D eigenvalue weighted by Crippen LogP contribution is -2.57. The van der Waals surface area contributed by atoms with Gasteiger partial charge in [0.15, 0.2) is 0 Å². The summed E-state index contributed by atoms with van der Waals surface area (Å²) in [6.45, 7) is 25.3. The van der Waals surface area contributed by atoms with Gasteiger partial charge in [-0.25, -0.2) is 0 Å². The second-order valence-electron chi connectivity index (χ2n) is 10.6. The van der Waals surface area contributed by atoms with Crippen LogP contribution in [0.4, 0.5) is 0 Å². The van der Waals surface area contributed by atoms with Gasteiger partial charge in [-0.15, -0.1) is 0 Å². The first kappa shape index (κ1) is 20.0. The van der Waals surface area contributed by atoms with Gasteiger partial charge in [-0.1, -0.05) is 34.6 Å². The molecule has 22 heavy (non-hydrogen) atoms.